The molecule has 0 radical (unpaired) electrons. The number of methoxy groups -OCH3 is 1. The van der Waals surface area contributed by atoms with Gasteiger partial charge in [-0.05, 0) is 44.3 Å². The zero-order valence-corrected chi connectivity index (χ0v) is 16.1. The van der Waals surface area contributed by atoms with Crippen LogP contribution in [0.25, 0.3) is 5.65 Å². The molecule has 3 rings (SSSR count). The van der Waals surface area contributed by atoms with Crippen LogP contribution in [0, 0.1) is 6.92 Å². The van der Waals surface area contributed by atoms with Crippen LogP contribution >= 0.6 is 15.9 Å². The van der Waals surface area contributed by atoms with Gasteiger partial charge in [0.1, 0.15) is 11.4 Å². The first-order valence-corrected chi connectivity index (χ1v) is 8.76. The van der Waals surface area contributed by atoms with Gasteiger partial charge in [-0.1, -0.05) is 22.0 Å². The third-order valence-corrected chi connectivity index (χ3v) is 4.54. The van der Waals surface area contributed by atoms with Crippen molar-refractivity contribution in [1.29, 1.82) is 0 Å². The first kappa shape index (κ1) is 17.6. The third kappa shape index (κ3) is 3.91. The fourth-order valence-electron chi connectivity index (χ4n) is 2.94. The first-order chi connectivity index (χ1) is 12.0. The van der Waals surface area contributed by atoms with Gasteiger partial charge < -0.3 is 4.74 Å². The Morgan fingerprint density at radius 3 is 2.76 bits per heavy atom. The van der Waals surface area contributed by atoms with Gasteiger partial charge in [-0.2, -0.15) is 0 Å². The van der Waals surface area contributed by atoms with Gasteiger partial charge in [0.25, 0.3) is 5.56 Å². The zero-order valence-electron chi connectivity index (χ0n) is 14.5. The molecule has 2 heterocycles. The number of benzene rings is 1. The van der Waals surface area contributed by atoms with Gasteiger partial charge in [-0.25, -0.2) is 4.98 Å². The lowest BCUT2D eigenvalue weighted by Crippen LogP contribution is -2.22. The molecule has 0 bridgehead atoms. The summed E-state index contributed by atoms with van der Waals surface area (Å²) < 4.78 is 8.06. The van der Waals surface area contributed by atoms with E-state index in [2.05, 4.69) is 25.8 Å². The maximum Gasteiger partial charge on any atom is 0.258 e. The molecule has 0 aliphatic carbocycles. The predicted octanol–water partition coefficient (Wildman–Crippen LogP) is 3.41. The minimum absolute atomic E-state index is 0.0495. The minimum Gasteiger partial charge on any atom is -0.496 e. The number of aryl methyl sites for hydroxylation is 1. The maximum atomic E-state index is 12.4. The van der Waals surface area contributed by atoms with Crippen molar-refractivity contribution < 1.29 is 4.74 Å². The fourth-order valence-corrected chi connectivity index (χ4v) is 3.35. The second-order valence-electron chi connectivity index (χ2n) is 6.07. The number of ether oxygens (including phenoxy) is 1. The summed E-state index contributed by atoms with van der Waals surface area (Å²) in [4.78, 5) is 19.1. The highest BCUT2D eigenvalue weighted by Crippen LogP contribution is 2.24. The molecule has 1 aromatic carbocycles. The Kier molecular flexibility index (Phi) is 5.20. The van der Waals surface area contributed by atoms with Crippen LogP contribution in [0.1, 0.15) is 17.0 Å². The quantitative estimate of drug-likeness (QED) is 0.657. The standard InChI is InChI=1S/C19H20BrN3O2/c1-13-5-4-6-18-21-16(10-19(24)23(13)18)12-22(2)11-14-9-15(20)7-8-17(14)25-3/h4-10H,11-12H2,1-3H3. The lowest BCUT2D eigenvalue weighted by molar-refractivity contribution is 0.306. The highest BCUT2D eigenvalue weighted by atomic mass is 79.9. The summed E-state index contributed by atoms with van der Waals surface area (Å²) in [6.07, 6.45) is 0. The van der Waals surface area contributed by atoms with Crippen molar-refractivity contribution >= 4 is 21.6 Å². The van der Waals surface area contributed by atoms with E-state index in [0.717, 1.165) is 27.2 Å². The number of hydrogen-bond acceptors (Lipinski definition) is 4. The molecule has 0 spiro atoms. The van der Waals surface area contributed by atoms with E-state index < -0.39 is 0 Å². The normalized spacial score (nSPS) is 11.2. The summed E-state index contributed by atoms with van der Waals surface area (Å²) in [5.41, 5.74) is 3.34. The van der Waals surface area contributed by atoms with E-state index in [1.807, 2.05) is 50.4 Å². The molecule has 130 valence electrons. The summed E-state index contributed by atoms with van der Waals surface area (Å²) in [6, 6.07) is 13.2. The summed E-state index contributed by atoms with van der Waals surface area (Å²) in [5, 5.41) is 0. The molecule has 0 saturated heterocycles. The molecule has 0 aliphatic heterocycles. The average molecular weight is 402 g/mol. The van der Waals surface area contributed by atoms with E-state index in [0.29, 0.717) is 18.7 Å². The Balaban J connectivity index is 1.84. The summed E-state index contributed by atoms with van der Waals surface area (Å²) in [5.74, 6) is 0.845. The van der Waals surface area contributed by atoms with Gasteiger partial charge in [-0.3, -0.25) is 14.1 Å². The molecule has 3 aromatic rings. The van der Waals surface area contributed by atoms with E-state index in [-0.39, 0.29) is 5.56 Å². The Hall–Kier alpha value is -2.18. The number of nitrogens with zero attached hydrogens (tertiary/aromatic N) is 3. The largest absolute Gasteiger partial charge is 0.496 e. The molecule has 0 aliphatic rings. The number of hydrogen-bond donors (Lipinski definition) is 0. The molecule has 25 heavy (non-hydrogen) atoms. The number of halogens is 1. The Morgan fingerprint density at radius 1 is 1.20 bits per heavy atom. The molecule has 0 amide bonds. The maximum absolute atomic E-state index is 12.4. The van der Waals surface area contributed by atoms with Crippen LogP contribution in [0.2, 0.25) is 0 Å². The van der Waals surface area contributed by atoms with Crippen LogP contribution in [-0.4, -0.2) is 28.4 Å². The minimum atomic E-state index is -0.0495. The first-order valence-electron chi connectivity index (χ1n) is 7.97. The number of rotatable bonds is 5. The van der Waals surface area contributed by atoms with Crippen molar-refractivity contribution in [3.63, 3.8) is 0 Å². The predicted molar refractivity (Wildman–Crippen MR) is 102 cm³/mol. The highest BCUT2D eigenvalue weighted by Gasteiger charge is 2.10. The number of aromatic nitrogens is 2. The molecule has 5 nitrogen and oxygen atoms in total. The topological polar surface area (TPSA) is 46.8 Å². The van der Waals surface area contributed by atoms with Crippen LogP contribution < -0.4 is 10.3 Å². The van der Waals surface area contributed by atoms with Crippen molar-refractivity contribution in [2.24, 2.45) is 0 Å². The van der Waals surface area contributed by atoms with E-state index >= 15 is 0 Å². The molecule has 0 unspecified atom stereocenters. The van der Waals surface area contributed by atoms with Crippen LogP contribution in [0.5, 0.6) is 5.75 Å². The number of pyridine rings is 1. The summed E-state index contributed by atoms with van der Waals surface area (Å²) in [6.45, 7) is 3.17. The van der Waals surface area contributed by atoms with Crippen molar-refractivity contribution in [2.75, 3.05) is 14.2 Å². The molecule has 0 saturated carbocycles. The molecule has 6 heteroatoms. The summed E-state index contributed by atoms with van der Waals surface area (Å²) >= 11 is 3.50. The van der Waals surface area contributed by atoms with Crippen molar-refractivity contribution in [1.82, 2.24) is 14.3 Å². The Labute approximate surface area is 155 Å². The third-order valence-electron chi connectivity index (χ3n) is 4.05. The number of fused-ring (bicyclic) bond motifs is 1. The molecular formula is C19H20BrN3O2. The van der Waals surface area contributed by atoms with Crippen LogP contribution in [-0.2, 0) is 13.1 Å². The van der Waals surface area contributed by atoms with Crippen LogP contribution in [0.4, 0.5) is 0 Å². The van der Waals surface area contributed by atoms with Crippen molar-refractivity contribution in [3.8, 4) is 5.75 Å². The molecule has 0 fully saturated rings. The Morgan fingerprint density at radius 2 is 2.00 bits per heavy atom. The van der Waals surface area contributed by atoms with Crippen LogP contribution in [0.15, 0.2) is 51.7 Å². The van der Waals surface area contributed by atoms with Gasteiger partial charge in [0.05, 0.1) is 12.8 Å². The fraction of sp³-hybridized carbons (Fsp3) is 0.263. The molecule has 0 N–H and O–H groups in total. The van der Waals surface area contributed by atoms with E-state index in [4.69, 9.17) is 4.74 Å². The lowest BCUT2D eigenvalue weighted by atomic mass is 10.2. The second kappa shape index (κ2) is 7.37. The van der Waals surface area contributed by atoms with Gasteiger partial charge in [0.15, 0.2) is 0 Å². The highest BCUT2D eigenvalue weighted by molar-refractivity contribution is 9.10. The van der Waals surface area contributed by atoms with Gasteiger partial charge in [0.2, 0.25) is 0 Å². The monoisotopic (exact) mass is 401 g/mol. The second-order valence-corrected chi connectivity index (χ2v) is 6.99. The lowest BCUT2D eigenvalue weighted by Gasteiger charge is -2.18. The SMILES string of the molecule is COc1ccc(Br)cc1CN(C)Cc1cc(=O)n2c(C)cccc2n1. The average Bonchev–Trinajstić information content (AvgIpc) is 2.54. The van der Waals surface area contributed by atoms with Crippen molar-refractivity contribution in [2.45, 2.75) is 20.0 Å². The smallest absolute Gasteiger partial charge is 0.258 e. The van der Waals surface area contributed by atoms with Crippen molar-refractivity contribution in [3.05, 3.63) is 74.2 Å². The molecular weight excluding hydrogens is 382 g/mol. The van der Waals surface area contributed by atoms with Gasteiger partial charge >= 0.3 is 0 Å². The summed E-state index contributed by atoms with van der Waals surface area (Å²) in [7, 11) is 3.67. The van der Waals surface area contributed by atoms with Crippen LogP contribution in [0.3, 0.4) is 0 Å². The Bertz CT molecular complexity index is 969. The van der Waals surface area contributed by atoms with E-state index in [1.165, 1.54) is 0 Å². The van der Waals surface area contributed by atoms with Gasteiger partial charge in [-0.15, -0.1) is 0 Å². The molecule has 2 aromatic heterocycles. The van der Waals surface area contributed by atoms with Gasteiger partial charge in [0, 0.05) is 34.9 Å². The van der Waals surface area contributed by atoms with E-state index in [1.54, 1.807) is 17.6 Å². The molecule has 0 atom stereocenters. The van der Waals surface area contributed by atoms with E-state index in [9.17, 15) is 4.79 Å². The zero-order chi connectivity index (χ0) is 18.0.